The minimum atomic E-state index is 0.175. The molecule has 0 amide bonds. The van der Waals surface area contributed by atoms with Gasteiger partial charge in [0, 0.05) is 5.92 Å². The molecule has 8 aromatic rings. The maximum atomic E-state index is 9.25. The van der Waals surface area contributed by atoms with Crippen LogP contribution >= 0.6 is 0 Å². The highest BCUT2D eigenvalue weighted by atomic mass is 14.3. The summed E-state index contributed by atoms with van der Waals surface area (Å²) in [7, 11) is 0. The van der Waals surface area contributed by atoms with E-state index in [0.717, 1.165) is 5.56 Å². The maximum Gasteiger partial charge on any atom is 0.0991 e. The van der Waals surface area contributed by atoms with Crippen molar-refractivity contribution in [1.29, 1.82) is 5.26 Å². The Hall–Kier alpha value is -5.97. The molecule has 0 aliphatic heterocycles. The Labute approximate surface area is 262 Å². The molecule has 208 valence electrons. The first-order valence-electron chi connectivity index (χ1n) is 15.4. The van der Waals surface area contributed by atoms with Gasteiger partial charge in [-0.1, -0.05) is 133 Å². The fourth-order valence-electron chi connectivity index (χ4n) is 7.45. The SMILES string of the molecule is N#Cc1ccc(-c2ccc(-c3ccc(C4c5cc6ccccc6cc5-c5c4ccc4ccccc54)cc3)c3ccccc23)cc1. The van der Waals surface area contributed by atoms with E-state index in [2.05, 4.69) is 140 Å². The van der Waals surface area contributed by atoms with Gasteiger partial charge >= 0.3 is 0 Å². The Morgan fingerprint density at radius 2 is 0.978 bits per heavy atom. The summed E-state index contributed by atoms with van der Waals surface area (Å²) in [4.78, 5) is 0. The molecule has 0 heterocycles. The molecule has 1 heteroatoms. The Balaban J connectivity index is 1.18. The van der Waals surface area contributed by atoms with Gasteiger partial charge in [-0.15, -0.1) is 0 Å². The Morgan fingerprint density at radius 3 is 1.62 bits per heavy atom. The van der Waals surface area contributed by atoms with Crippen molar-refractivity contribution in [2.75, 3.05) is 0 Å². The lowest BCUT2D eigenvalue weighted by atomic mass is 9.86. The van der Waals surface area contributed by atoms with Crippen molar-refractivity contribution in [3.63, 3.8) is 0 Å². The largest absolute Gasteiger partial charge is 0.192 e. The summed E-state index contributed by atoms with van der Waals surface area (Å²) < 4.78 is 0. The standard InChI is InChI=1S/C44H27N/c45-27-28-13-15-30(16-14-28)35-23-24-36(39-12-6-5-11-38(35)39)31-17-19-32(20-18-31)43-40-22-21-29-7-3-4-10-37(29)44(40)42-26-34-9-2-1-8-33(34)25-41(42)43/h1-26,43H. The summed E-state index contributed by atoms with van der Waals surface area (Å²) in [5, 5.41) is 16.8. The van der Waals surface area contributed by atoms with Crippen LogP contribution < -0.4 is 0 Å². The number of hydrogen-bond donors (Lipinski definition) is 0. The van der Waals surface area contributed by atoms with Crippen molar-refractivity contribution < 1.29 is 0 Å². The van der Waals surface area contributed by atoms with Gasteiger partial charge < -0.3 is 0 Å². The number of rotatable bonds is 3. The third kappa shape index (κ3) is 4.00. The van der Waals surface area contributed by atoms with E-state index >= 15 is 0 Å². The predicted molar refractivity (Wildman–Crippen MR) is 187 cm³/mol. The van der Waals surface area contributed by atoms with Gasteiger partial charge in [-0.05, 0) is 107 Å². The Bertz CT molecular complexity index is 2480. The van der Waals surface area contributed by atoms with E-state index in [1.807, 2.05) is 24.3 Å². The van der Waals surface area contributed by atoms with E-state index in [4.69, 9.17) is 0 Å². The number of hydrogen-bond acceptors (Lipinski definition) is 1. The summed E-state index contributed by atoms with van der Waals surface area (Å²) >= 11 is 0. The highest BCUT2D eigenvalue weighted by Gasteiger charge is 2.31. The average molecular weight is 570 g/mol. The summed E-state index contributed by atoms with van der Waals surface area (Å²) in [6.07, 6.45) is 0. The lowest BCUT2D eigenvalue weighted by Gasteiger charge is -2.17. The number of nitrogens with zero attached hydrogens (tertiary/aromatic N) is 1. The Morgan fingerprint density at radius 1 is 0.422 bits per heavy atom. The molecule has 1 aliphatic carbocycles. The molecule has 8 aromatic carbocycles. The molecule has 0 bridgehead atoms. The second kappa shape index (κ2) is 10.1. The number of nitriles is 1. The summed E-state index contributed by atoms with van der Waals surface area (Å²) in [6, 6.07) is 59.3. The molecule has 45 heavy (non-hydrogen) atoms. The van der Waals surface area contributed by atoms with Gasteiger partial charge in [-0.2, -0.15) is 5.26 Å². The zero-order valence-corrected chi connectivity index (χ0v) is 24.5. The van der Waals surface area contributed by atoms with Crippen LogP contribution in [0.5, 0.6) is 0 Å². The van der Waals surface area contributed by atoms with Crippen LogP contribution in [0.15, 0.2) is 158 Å². The smallest absolute Gasteiger partial charge is 0.0991 e. The predicted octanol–water partition coefficient (Wildman–Crippen LogP) is 11.5. The van der Waals surface area contributed by atoms with E-state index in [-0.39, 0.29) is 5.92 Å². The van der Waals surface area contributed by atoms with Crippen LogP contribution in [0.25, 0.3) is 65.7 Å². The number of fused-ring (bicyclic) bond motifs is 7. The van der Waals surface area contributed by atoms with Crippen molar-refractivity contribution in [3.05, 3.63) is 180 Å². The normalized spacial score (nSPS) is 13.5. The van der Waals surface area contributed by atoms with Gasteiger partial charge in [0.15, 0.2) is 0 Å². The first-order chi connectivity index (χ1) is 22.3. The molecule has 0 fully saturated rings. The zero-order valence-electron chi connectivity index (χ0n) is 24.5. The molecule has 0 N–H and O–H groups in total. The molecule has 0 saturated heterocycles. The van der Waals surface area contributed by atoms with Gasteiger partial charge in [0.2, 0.25) is 0 Å². The van der Waals surface area contributed by atoms with Gasteiger partial charge in [0.05, 0.1) is 11.6 Å². The van der Waals surface area contributed by atoms with Crippen LogP contribution in [0, 0.1) is 11.3 Å². The quantitative estimate of drug-likeness (QED) is 0.208. The van der Waals surface area contributed by atoms with Gasteiger partial charge in [0.1, 0.15) is 0 Å². The van der Waals surface area contributed by atoms with E-state index in [0.29, 0.717) is 5.56 Å². The van der Waals surface area contributed by atoms with Crippen LogP contribution in [0.2, 0.25) is 0 Å². The van der Waals surface area contributed by atoms with Crippen LogP contribution in [-0.2, 0) is 0 Å². The zero-order chi connectivity index (χ0) is 29.9. The number of benzene rings is 8. The van der Waals surface area contributed by atoms with E-state index in [1.54, 1.807) is 0 Å². The summed E-state index contributed by atoms with van der Waals surface area (Å²) in [5.41, 5.74) is 12.2. The lowest BCUT2D eigenvalue weighted by molar-refractivity contribution is 1.02. The van der Waals surface area contributed by atoms with Crippen LogP contribution in [-0.4, -0.2) is 0 Å². The van der Waals surface area contributed by atoms with E-state index in [1.165, 1.54) is 76.8 Å². The highest BCUT2D eigenvalue weighted by molar-refractivity contribution is 6.06. The molecule has 1 aliphatic rings. The molecular weight excluding hydrogens is 542 g/mol. The fraction of sp³-hybridized carbons (Fsp3) is 0.0227. The first-order valence-corrected chi connectivity index (χ1v) is 15.4. The van der Waals surface area contributed by atoms with Crippen molar-refractivity contribution >= 4 is 32.3 Å². The van der Waals surface area contributed by atoms with Gasteiger partial charge in [-0.25, -0.2) is 0 Å². The van der Waals surface area contributed by atoms with Crippen molar-refractivity contribution in [2.45, 2.75) is 5.92 Å². The second-order valence-electron chi connectivity index (χ2n) is 12.0. The summed E-state index contributed by atoms with van der Waals surface area (Å²) in [6.45, 7) is 0. The molecule has 0 aromatic heterocycles. The minimum Gasteiger partial charge on any atom is -0.192 e. The summed E-state index contributed by atoms with van der Waals surface area (Å²) in [5.74, 6) is 0.175. The molecule has 1 nitrogen and oxygen atoms in total. The van der Waals surface area contributed by atoms with Crippen LogP contribution in [0.3, 0.4) is 0 Å². The molecular formula is C44H27N. The molecule has 1 atom stereocenters. The maximum absolute atomic E-state index is 9.25. The molecule has 0 spiro atoms. The molecule has 9 rings (SSSR count). The van der Waals surface area contributed by atoms with Crippen molar-refractivity contribution in [2.24, 2.45) is 0 Å². The lowest BCUT2D eigenvalue weighted by Crippen LogP contribution is -1.99. The molecule has 0 radical (unpaired) electrons. The van der Waals surface area contributed by atoms with Crippen molar-refractivity contribution in [1.82, 2.24) is 0 Å². The third-order valence-corrected chi connectivity index (χ3v) is 9.57. The highest BCUT2D eigenvalue weighted by Crippen LogP contribution is 2.52. The second-order valence-corrected chi connectivity index (χ2v) is 12.0. The van der Waals surface area contributed by atoms with Gasteiger partial charge in [-0.3, -0.25) is 0 Å². The topological polar surface area (TPSA) is 23.8 Å². The monoisotopic (exact) mass is 569 g/mol. The molecule has 0 saturated carbocycles. The van der Waals surface area contributed by atoms with E-state index in [9.17, 15) is 5.26 Å². The van der Waals surface area contributed by atoms with E-state index < -0.39 is 0 Å². The third-order valence-electron chi connectivity index (χ3n) is 9.57. The van der Waals surface area contributed by atoms with Crippen LogP contribution in [0.1, 0.15) is 28.2 Å². The fourth-order valence-corrected chi connectivity index (χ4v) is 7.45. The first kappa shape index (κ1) is 25.5. The van der Waals surface area contributed by atoms with Crippen molar-refractivity contribution in [3.8, 4) is 39.4 Å². The minimum absolute atomic E-state index is 0.175. The van der Waals surface area contributed by atoms with Crippen LogP contribution in [0.4, 0.5) is 0 Å². The molecule has 1 unspecified atom stereocenters. The average Bonchev–Trinajstić information content (AvgIpc) is 3.44. The van der Waals surface area contributed by atoms with Gasteiger partial charge in [0.25, 0.3) is 0 Å². The Kier molecular flexibility index (Phi) is 5.70.